The third kappa shape index (κ3) is 5.42. The van der Waals surface area contributed by atoms with Gasteiger partial charge in [0.1, 0.15) is 5.75 Å². The third-order valence-corrected chi connectivity index (χ3v) is 3.99. The van der Waals surface area contributed by atoms with Gasteiger partial charge in [-0.1, -0.05) is 29.8 Å². The predicted octanol–water partition coefficient (Wildman–Crippen LogP) is 3.37. The average Bonchev–Trinajstić information content (AvgIpc) is 2.63. The second-order valence-corrected chi connectivity index (χ2v) is 5.94. The molecule has 0 saturated heterocycles. The minimum atomic E-state index is -1.12. The zero-order valence-electron chi connectivity index (χ0n) is 14.6. The predicted molar refractivity (Wildman–Crippen MR) is 99.0 cm³/mol. The Balaban J connectivity index is 2.03. The fourth-order valence-corrected chi connectivity index (χ4v) is 2.43. The van der Waals surface area contributed by atoms with E-state index in [2.05, 4.69) is 5.32 Å². The number of carbonyl (C=O) groups excluding carboxylic acids is 2. The standard InChI is InChI=1S/C18H17ClN2O6/c1-11(27-17(22)9-12-5-3-4-6-14(12)19)18(23)20-15-10-13(21(24)25)7-8-16(15)26-2/h3-8,10-11H,9H2,1-2H3,(H,20,23)/t11-/m0/s1. The highest BCUT2D eigenvalue weighted by Gasteiger charge is 2.21. The van der Waals surface area contributed by atoms with Crippen molar-refractivity contribution < 1.29 is 24.0 Å². The van der Waals surface area contributed by atoms with Crippen molar-refractivity contribution in [3.63, 3.8) is 0 Å². The monoisotopic (exact) mass is 392 g/mol. The zero-order valence-corrected chi connectivity index (χ0v) is 15.4. The van der Waals surface area contributed by atoms with Gasteiger partial charge in [0.15, 0.2) is 6.10 Å². The highest BCUT2D eigenvalue weighted by atomic mass is 35.5. The van der Waals surface area contributed by atoms with Crippen LogP contribution in [0.1, 0.15) is 12.5 Å². The van der Waals surface area contributed by atoms with Crippen molar-refractivity contribution in [3.05, 3.63) is 63.2 Å². The number of non-ortho nitro benzene ring substituents is 1. The van der Waals surface area contributed by atoms with E-state index in [1.807, 2.05) is 0 Å². The summed E-state index contributed by atoms with van der Waals surface area (Å²) in [7, 11) is 1.36. The molecule has 0 aliphatic heterocycles. The van der Waals surface area contributed by atoms with Crippen molar-refractivity contribution in [2.45, 2.75) is 19.4 Å². The molecule has 0 aromatic heterocycles. The lowest BCUT2D eigenvalue weighted by Crippen LogP contribution is -2.30. The lowest BCUT2D eigenvalue weighted by molar-refractivity contribution is -0.384. The fourth-order valence-electron chi connectivity index (χ4n) is 2.23. The molecular formula is C18H17ClN2O6. The molecular weight excluding hydrogens is 376 g/mol. The molecule has 2 aromatic rings. The van der Waals surface area contributed by atoms with Crippen molar-refractivity contribution in [2.75, 3.05) is 12.4 Å². The van der Waals surface area contributed by atoms with E-state index in [1.165, 1.54) is 26.2 Å². The molecule has 0 heterocycles. The number of nitro groups is 1. The van der Waals surface area contributed by atoms with Crippen LogP contribution in [0.4, 0.5) is 11.4 Å². The van der Waals surface area contributed by atoms with Gasteiger partial charge in [0.25, 0.3) is 11.6 Å². The van der Waals surface area contributed by atoms with Crippen LogP contribution in [0.25, 0.3) is 0 Å². The van der Waals surface area contributed by atoms with E-state index in [0.29, 0.717) is 10.6 Å². The van der Waals surface area contributed by atoms with Gasteiger partial charge in [-0.2, -0.15) is 0 Å². The summed E-state index contributed by atoms with van der Waals surface area (Å²) in [6, 6.07) is 10.6. The summed E-state index contributed by atoms with van der Waals surface area (Å²) >= 11 is 5.99. The molecule has 0 aliphatic carbocycles. The van der Waals surface area contributed by atoms with Crippen LogP contribution in [0.5, 0.6) is 5.75 Å². The van der Waals surface area contributed by atoms with Gasteiger partial charge >= 0.3 is 5.97 Å². The molecule has 142 valence electrons. The minimum Gasteiger partial charge on any atom is -0.495 e. The second kappa shape index (κ2) is 9.00. The van der Waals surface area contributed by atoms with Crippen LogP contribution < -0.4 is 10.1 Å². The quantitative estimate of drug-likeness (QED) is 0.439. The Morgan fingerprint density at radius 2 is 1.96 bits per heavy atom. The maximum Gasteiger partial charge on any atom is 0.311 e. The summed E-state index contributed by atoms with van der Waals surface area (Å²) < 4.78 is 10.2. The lowest BCUT2D eigenvalue weighted by Gasteiger charge is -2.15. The number of hydrogen-bond acceptors (Lipinski definition) is 6. The Hall–Kier alpha value is -3.13. The topological polar surface area (TPSA) is 108 Å². The van der Waals surface area contributed by atoms with Crippen molar-refractivity contribution in [2.24, 2.45) is 0 Å². The molecule has 0 radical (unpaired) electrons. The number of nitrogens with one attached hydrogen (secondary N) is 1. The van der Waals surface area contributed by atoms with Crippen LogP contribution in [-0.4, -0.2) is 30.0 Å². The van der Waals surface area contributed by atoms with E-state index >= 15 is 0 Å². The van der Waals surface area contributed by atoms with Crippen molar-refractivity contribution in [3.8, 4) is 5.75 Å². The SMILES string of the molecule is COc1ccc([N+](=O)[O-])cc1NC(=O)[C@H](C)OC(=O)Cc1ccccc1Cl. The number of esters is 1. The molecule has 0 fully saturated rings. The number of amides is 1. The van der Waals surface area contributed by atoms with Crippen molar-refractivity contribution in [1.29, 1.82) is 0 Å². The fraction of sp³-hybridized carbons (Fsp3) is 0.222. The Morgan fingerprint density at radius 3 is 2.59 bits per heavy atom. The maximum atomic E-state index is 12.3. The largest absolute Gasteiger partial charge is 0.495 e. The first kappa shape index (κ1) is 20.2. The van der Waals surface area contributed by atoms with Gasteiger partial charge in [0.05, 0.1) is 24.1 Å². The lowest BCUT2D eigenvalue weighted by atomic mass is 10.1. The van der Waals surface area contributed by atoms with Gasteiger partial charge in [-0.25, -0.2) is 0 Å². The Kier molecular flexibility index (Phi) is 6.73. The van der Waals surface area contributed by atoms with E-state index in [4.69, 9.17) is 21.1 Å². The molecule has 1 atom stereocenters. The van der Waals surface area contributed by atoms with Gasteiger partial charge in [0, 0.05) is 17.2 Å². The molecule has 0 aliphatic rings. The summed E-state index contributed by atoms with van der Waals surface area (Å²) in [5, 5.41) is 13.8. The summed E-state index contributed by atoms with van der Waals surface area (Å²) in [4.78, 5) is 34.6. The zero-order chi connectivity index (χ0) is 20.0. The minimum absolute atomic E-state index is 0.0859. The smallest absolute Gasteiger partial charge is 0.311 e. The number of halogens is 1. The highest BCUT2D eigenvalue weighted by Crippen LogP contribution is 2.29. The molecule has 8 nitrogen and oxygen atoms in total. The number of methoxy groups -OCH3 is 1. The van der Waals surface area contributed by atoms with Crippen LogP contribution in [0.3, 0.4) is 0 Å². The first-order valence-electron chi connectivity index (χ1n) is 7.88. The summed E-state index contributed by atoms with van der Waals surface area (Å²) in [5.41, 5.74) is 0.470. The van der Waals surface area contributed by atoms with Crippen LogP contribution in [0, 0.1) is 10.1 Å². The number of anilines is 1. The molecule has 1 amide bonds. The molecule has 2 aromatic carbocycles. The normalized spacial score (nSPS) is 11.4. The van der Waals surface area contributed by atoms with Crippen LogP contribution >= 0.6 is 11.6 Å². The molecule has 27 heavy (non-hydrogen) atoms. The van der Waals surface area contributed by atoms with Crippen molar-refractivity contribution in [1.82, 2.24) is 0 Å². The van der Waals surface area contributed by atoms with Crippen LogP contribution in [-0.2, 0) is 20.7 Å². The Morgan fingerprint density at radius 1 is 1.26 bits per heavy atom. The molecule has 0 saturated carbocycles. The number of nitro benzene ring substituents is 1. The van der Waals surface area contributed by atoms with E-state index in [0.717, 1.165) is 6.07 Å². The molecule has 0 bridgehead atoms. The van der Waals surface area contributed by atoms with E-state index in [9.17, 15) is 19.7 Å². The van der Waals surface area contributed by atoms with Gasteiger partial charge in [-0.3, -0.25) is 19.7 Å². The Labute approximate surface area is 160 Å². The van der Waals surface area contributed by atoms with E-state index < -0.39 is 22.9 Å². The van der Waals surface area contributed by atoms with Gasteiger partial charge < -0.3 is 14.8 Å². The van der Waals surface area contributed by atoms with E-state index in [1.54, 1.807) is 24.3 Å². The molecule has 0 unspecified atom stereocenters. The third-order valence-electron chi connectivity index (χ3n) is 3.62. The average molecular weight is 393 g/mol. The number of ether oxygens (including phenoxy) is 2. The summed E-state index contributed by atoms with van der Waals surface area (Å²) in [6.07, 6.45) is -1.21. The first-order chi connectivity index (χ1) is 12.8. The van der Waals surface area contributed by atoms with Gasteiger partial charge in [-0.05, 0) is 24.6 Å². The number of carbonyl (C=O) groups is 2. The molecule has 1 N–H and O–H groups in total. The van der Waals surface area contributed by atoms with E-state index in [-0.39, 0.29) is 23.5 Å². The number of nitrogens with zero attached hydrogens (tertiary/aromatic N) is 1. The van der Waals surface area contributed by atoms with Gasteiger partial charge in [0.2, 0.25) is 0 Å². The molecule has 9 heteroatoms. The first-order valence-corrected chi connectivity index (χ1v) is 8.25. The highest BCUT2D eigenvalue weighted by molar-refractivity contribution is 6.31. The van der Waals surface area contributed by atoms with Gasteiger partial charge in [-0.15, -0.1) is 0 Å². The summed E-state index contributed by atoms with van der Waals surface area (Å²) in [5.74, 6) is -1.04. The van der Waals surface area contributed by atoms with Crippen LogP contribution in [0.2, 0.25) is 5.02 Å². The number of rotatable bonds is 7. The summed E-state index contributed by atoms with van der Waals surface area (Å²) in [6.45, 7) is 1.39. The molecule has 0 spiro atoms. The maximum absolute atomic E-state index is 12.3. The Bertz CT molecular complexity index is 871. The number of benzene rings is 2. The molecule has 2 rings (SSSR count). The van der Waals surface area contributed by atoms with Crippen LogP contribution in [0.15, 0.2) is 42.5 Å². The number of hydrogen-bond donors (Lipinski definition) is 1. The van der Waals surface area contributed by atoms with Crippen molar-refractivity contribution >= 4 is 34.9 Å². The second-order valence-electron chi connectivity index (χ2n) is 5.53.